The summed E-state index contributed by atoms with van der Waals surface area (Å²) in [4.78, 5) is 15.4. The molecule has 3 heterocycles. The first-order valence-corrected chi connectivity index (χ1v) is 11.0. The van der Waals surface area contributed by atoms with Crippen molar-refractivity contribution in [1.82, 2.24) is 19.7 Å². The number of likely N-dealkylation sites (tertiary alicyclic amines) is 1. The lowest BCUT2D eigenvalue weighted by molar-refractivity contribution is -0.138. The molecule has 0 N–H and O–H groups in total. The van der Waals surface area contributed by atoms with Crippen LogP contribution < -0.4 is 0 Å². The Morgan fingerprint density at radius 1 is 1.15 bits per heavy atom. The Labute approximate surface area is 161 Å². The number of nitrogens with zero attached hydrogens (tertiary/aromatic N) is 4. The molecule has 6 heteroatoms. The average Bonchev–Trinajstić information content (AvgIpc) is 3.30. The van der Waals surface area contributed by atoms with Crippen LogP contribution in [0.1, 0.15) is 69.5 Å². The molecule has 1 unspecified atom stereocenters. The zero-order valence-corrected chi connectivity index (χ0v) is 16.3. The molecule has 0 radical (unpaired) electrons. The maximum Gasteiger partial charge on any atom is 0.225 e. The number of carbonyl (C=O) groups excluding carboxylic acids is 1. The SMILES string of the molecule is O=C(C1CCOCC1)N1CC(c2nncn2CC2CC2)C2(CCCCC2)C1. The summed E-state index contributed by atoms with van der Waals surface area (Å²) in [6.45, 7) is 4.27. The van der Waals surface area contributed by atoms with Crippen LogP contribution in [-0.2, 0) is 16.1 Å². The van der Waals surface area contributed by atoms with Gasteiger partial charge in [0.2, 0.25) is 5.91 Å². The van der Waals surface area contributed by atoms with E-state index in [2.05, 4.69) is 19.7 Å². The van der Waals surface area contributed by atoms with Crippen LogP contribution in [0.15, 0.2) is 6.33 Å². The second kappa shape index (κ2) is 7.19. The van der Waals surface area contributed by atoms with Crippen molar-refractivity contribution in [3.63, 3.8) is 0 Å². The van der Waals surface area contributed by atoms with Gasteiger partial charge in [-0.2, -0.15) is 0 Å². The number of amides is 1. The standard InChI is InChI=1S/C21H32N4O2/c26-20(17-6-10-27-11-7-17)24-13-18(21(14-24)8-2-1-3-9-21)19-23-22-15-25(19)12-16-4-5-16/h15-18H,1-14H2. The predicted octanol–water partition coefficient (Wildman–Crippen LogP) is 2.99. The summed E-state index contributed by atoms with van der Waals surface area (Å²) in [5.74, 6) is 2.82. The summed E-state index contributed by atoms with van der Waals surface area (Å²) in [6, 6.07) is 0. The van der Waals surface area contributed by atoms with Gasteiger partial charge in [-0.3, -0.25) is 4.79 Å². The first-order valence-electron chi connectivity index (χ1n) is 11.0. The summed E-state index contributed by atoms with van der Waals surface area (Å²) >= 11 is 0. The lowest BCUT2D eigenvalue weighted by Crippen LogP contribution is -2.39. The van der Waals surface area contributed by atoms with E-state index in [9.17, 15) is 4.79 Å². The van der Waals surface area contributed by atoms with E-state index in [1.807, 2.05) is 6.33 Å². The summed E-state index contributed by atoms with van der Waals surface area (Å²) in [7, 11) is 0. The molecule has 27 heavy (non-hydrogen) atoms. The van der Waals surface area contributed by atoms with Gasteiger partial charge >= 0.3 is 0 Å². The lowest BCUT2D eigenvalue weighted by Gasteiger charge is -2.37. The van der Waals surface area contributed by atoms with Crippen LogP contribution in [0.2, 0.25) is 0 Å². The van der Waals surface area contributed by atoms with Crippen molar-refractivity contribution in [3.8, 4) is 0 Å². The van der Waals surface area contributed by atoms with Gasteiger partial charge in [-0.15, -0.1) is 10.2 Å². The van der Waals surface area contributed by atoms with E-state index < -0.39 is 0 Å². The molecule has 2 saturated heterocycles. The Morgan fingerprint density at radius 2 is 1.93 bits per heavy atom. The third-order valence-electron chi connectivity index (χ3n) is 7.49. The number of rotatable bonds is 4. The van der Waals surface area contributed by atoms with Gasteiger partial charge in [-0.25, -0.2) is 0 Å². The van der Waals surface area contributed by atoms with Crippen LogP contribution >= 0.6 is 0 Å². The zero-order valence-electron chi connectivity index (χ0n) is 16.3. The third-order valence-corrected chi connectivity index (χ3v) is 7.49. The molecule has 5 rings (SSSR count). The van der Waals surface area contributed by atoms with Gasteiger partial charge in [0.05, 0.1) is 0 Å². The molecule has 4 fully saturated rings. The predicted molar refractivity (Wildman–Crippen MR) is 101 cm³/mol. The van der Waals surface area contributed by atoms with Crippen molar-refractivity contribution in [2.24, 2.45) is 17.3 Å². The molecule has 6 nitrogen and oxygen atoms in total. The molecule has 1 atom stereocenters. The monoisotopic (exact) mass is 372 g/mol. The fraction of sp³-hybridized carbons (Fsp3) is 0.857. The fourth-order valence-electron chi connectivity index (χ4n) is 5.71. The molecule has 2 aliphatic carbocycles. The molecule has 1 aromatic rings. The molecule has 0 aromatic carbocycles. The molecule has 148 valence electrons. The van der Waals surface area contributed by atoms with Crippen molar-refractivity contribution in [3.05, 3.63) is 12.2 Å². The minimum absolute atomic E-state index is 0.155. The molecule has 2 aliphatic heterocycles. The molecular formula is C21H32N4O2. The normalized spacial score (nSPS) is 28.7. The zero-order chi connectivity index (χ0) is 18.3. The second-order valence-electron chi connectivity index (χ2n) is 9.37. The number of hydrogen-bond acceptors (Lipinski definition) is 4. The van der Waals surface area contributed by atoms with Gasteiger partial charge in [-0.1, -0.05) is 19.3 Å². The van der Waals surface area contributed by atoms with Gasteiger partial charge in [0, 0.05) is 44.7 Å². The van der Waals surface area contributed by atoms with E-state index in [1.165, 1.54) is 44.9 Å². The lowest BCUT2D eigenvalue weighted by atomic mass is 9.67. The van der Waals surface area contributed by atoms with Crippen LogP contribution in [-0.4, -0.2) is 51.9 Å². The summed E-state index contributed by atoms with van der Waals surface area (Å²) in [5.41, 5.74) is 0.216. The summed E-state index contributed by atoms with van der Waals surface area (Å²) in [5, 5.41) is 8.87. The van der Waals surface area contributed by atoms with Gasteiger partial charge in [0.25, 0.3) is 0 Å². The van der Waals surface area contributed by atoms with Crippen molar-refractivity contribution >= 4 is 5.91 Å². The quantitative estimate of drug-likeness (QED) is 0.815. The number of carbonyl (C=O) groups is 1. The van der Waals surface area contributed by atoms with Gasteiger partial charge < -0.3 is 14.2 Å². The Morgan fingerprint density at radius 3 is 2.67 bits per heavy atom. The number of aromatic nitrogens is 3. The third kappa shape index (κ3) is 3.41. The van der Waals surface area contributed by atoms with Crippen molar-refractivity contribution in [2.45, 2.75) is 70.3 Å². The van der Waals surface area contributed by atoms with E-state index >= 15 is 0 Å². The largest absolute Gasteiger partial charge is 0.381 e. The Bertz CT molecular complexity index is 671. The highest BCUT2D eigenvalue weighted by atomic mass is 16.5. The van der Waals surface area contributed by atoms with Gasteiger partial charge in [0.1, 0.15) is 12.2 Å². The van der Waals surface area contributed by atoms with E-state index in [0.29, 0.717) is 11.8 Å². The van der Waals surface area contributed by atoms with Crippen LogP contribution in [0, 0.1) is 17.3 Å². The van der Waals surface area contributed by atoms with Crippen LogP contribution in [0.4, 0.5) is 0 Å². The highest BCUT2D eigenvalue weighted by Gasteiger charge is 2.51. The molecule has 2 saturated carbocycles. The average molecular weight is 373 g/mol. The maximum atomic E-state index is 13.2. The Balaban J connectivity index is 1.40. The molecule has 1 spiro atoms. The van der Waals surface area contributed by atoms with Crippen LogP contribution in [0.5, 0.6) is 0 Å². The summed E-state index contributed by atoms with van der Waals surface area (Å²) in [6.07, 6.45) is 12.7. The smallest absolute Gasteiger partial charge is 0.225 e. The minimum atomic E-state index is 0.155. The van der Waals surface area contributed by atoms with E-state index in [0.717, 1.165) is 57.4 Å². The Kier molecular flexibility index (Phi) is 4.70. The first kappa shape index (κ1) is 17.7. The molecule has 1 aromatic heterocycles. The highest BCUT2D eigenvalue weighted by Crippen LogP contribution is 2.52. The molecule has 0 bridgehead atoms. The van der Waals surface area contributed by atoms with Crippen LogP contribution in [0.25, 0.3) is 0 Å². The van der Waals surface area contributed by atoms with Gasteiger partial charge in [0.15, 0.2) is 0 Å². The number of ether oxygens (including phenoxy) is 1. The van der Waals surface area contributed by atoms with Crippen LogP contribution in [0.3, 0.4) is 0 Å². The van der Waals surface area contributed by atoms with Crippen molar-refractivity contribution < 1.29 is 9.53 Å². The fourth-order valence-corrected chi connectivity index (χ4v) is 5.71. The first-order chi connectivity index (χ1) is 13.3. The van der Waals surface area contributed by atoms with E-state index in [-0.39, 0.29) is 11.3 Å². The van der Waals surface area contributed by atoms with Gasteiger partial charge in [-0.05, 0) is 49.9 Å². The topological polar surface area (TPSA) is 60.2 Å². The van der Waals surface area contributed by atoms with E-state index in [4.69, 9.17) is 4.74 Å². The Hall–Kier alpha value is -1.43. The summed E-state index contributed by atoms with van der Waals surface area (Å²) < 4.78 is 7.78. The van der Waals surface area contributed by atoms with Crippen molar-refractivity contribution in [1.29, 1.82) is 0 Å². The molecule has 1 amide bonds. The molecule has 4 aliphatic rings. The number of hydrogen-bond donors (Lipinski definition) is 0. The second-order valence-corrected chi connectivity index (χ2v) is 9.37. The van der Waals surface area contributed by atoms with Crippen molar-refractivity contribution in [2.75, 3.05) is 26.3 Å². The molecular weight excluding hydrogens is 340 g/mol. The highest BCUT2D eigenvalue weighted by molar-refractivity contribution is 5.79. The van der Waals surface area contributed by atoms with E-state index in [1.54, 1.807) is 0 Å². The minimum Gasteiger partial charge on any atom is -0.381 e. The maximum absolute atomic E-state index is 13.2.